The monoisotopic (exact) mass is 373 g/mol. The minimum atomic E-state index is -0.205. The lowest BCUT2D eigenvalue weighted by Gasteiger charge is -2.20. The molecule has 2 amide bonds. The van der Waals surface area contributed by atoms with Gasteiger partial charge < -0.3 is 5.32 Å². The number of rotatable bonds is 3. The van der Waals surface area contributed by atoms with E-state index in [2.05, 4.69) is 20.4 Å². The first kappa shape index (κ1) is 17.8. The molecule has 7 nitrogen and oxygen atoms in total. The van der Waals surface area contributed by atoms with Gasteiger partial charge in [-0.05, 0) is 35.4 Å². The Labute approximate surface area is 162 Å². The molecule has 1 N–H and O–H groups in total. The fraction of sp³-hybridized carbons (Fsp3) is 0.190. The predicted octanol–water partition coefficient (Wildman–Crippen LogP) is 3.29. The number of aromatic nitrogens is 2. The second-order valence-corrected chi connectivity index (χ2v) is 6.70. The highest BCUT2D eigenvalue weighted by molar-refractivity contribution is 6.04. The lowest BCUT2D eigenvalue weighted by molar-refractivity contribution is -0.130. The zero-order valence-corrected chi connectivity index (χ0v) is 15.6. The van der Waals surface area contributed by atoms with Crippen molar-refractivity contribution in [3.63, 3.8) is 0 Å². The maximum absolute atomic E-state index is 12.2. The summed E-state index contributed by atoms with van der Waals surface area (Å²) in [6.45, 7) is 2.98. The zero-order valence-electron chi connectivity index (χ0n) is 15.6. The van der Waals surface area contributed by atoms with Gasteiger partial charge in [-0.25, -0.2) is 5.01 Å². The smallest absolute Gasteiger partial charge is 0.240 e. The van der Waals surface area contributed by atoms with Crippen LogP contribution < -0.4 is 5.32 Å². The van der Waals surface area contributed by atoms with Crippen LogP contribution in [0.3, 0.4) is 0 Å². The van der Waals surface area contributed by atoms with Crippen molar-refractivity contribution in [1.82, 2.24) is 15.0 Å². The molecule has 0 fully saturated rings. The van der Waals surface area contributed by atoms with Gasteiger partial charge in [0.1, 0.15) is 0 Å². The van der Waals surface area contributed by atoms with Gasteiger partial charge in [-0.1, -0.05) is 18.2 Å². The van der Waals surface area contributed by atoms with Gasteiger partial charge in [0.25, 0.3) is 0 Å². The number of anilines is 1. The van der Waals surface area contributed by atoms with Gasteiger partial charge in [-0.2, -0.15) is 5.10 Å². The molecular formula is C21H19N5O2. The average Bonchev–Trinajstić information content (AvgIpc) is 3.13. The normalized spacial score (nSPS) is 16.1. The number of fused-ring (bicyclic) bond motifs is 1. The number of carbonyl (C=O) groups is 2. The highest BCUT2D eigenvalue weighted by atomic mass is 16.2. The third-order valence-electron chi connectivity index (χ3n) is 4.63. The molecule has 7 heteroatoms. The highest BCUT2D eigenvalue weighted by Gasteiger charge is 2.31. The van der Waals surface area contributed by atoms with Crippen molar-refractivity contribution in [3.05, 3.63) is 66.0 Å². The van der Waals surface area contributed by atoms with E-state index >= 15 is 0 Å². The third-order valence-corrected chi connectivity index (χ3v) is 4.63. The fourth-order valence-electron chi connectivity index (χ4n) is 3.40. The first-order chi connectivity index (χ1) is 13.5. The van der Waals surface area contributed by atoms with Crippen LogP contribution >= 0.6 is 0 Å². The molecule has 2 aromatic carbocycles. The van der Waals surface area contributed by atoms with Crippen LogP contribution in [0.5, 0.6) is 0 Å². The van der Waals surface area contributed by atoms with Crippen molar-refractivity contribution in [3.8, 4) is 0 Å². The van der Waals surface area contributed by atoms with Crippen LogP contribution in [0.25, 0.3) is 11.0 Å². The first-order valence-electron chi connectivity index (χ1n) is 8.97. The van der Waals surface area contributed by atoms with E-state index in [0.717, 1.165) is 27.9 Å². The van der Waals surface area contributed by atoms with Gasteiger partial charge in [0.05, 0.1) is 22.8 Å². The van der Waals surface area contributed by atoms with Gasteiger partial charge in [-0.3, -0.25) is 19.6 Å². The molecule has 0 saturated carbocycles. The predicted molar refractivity (Wildman–Crippen MR) is 107 cm³/mol. The molecule has 1 aliphatic rings. The molecule has 0 bridgehead atoms. The number of nitrogens with zero attached hydrogens (tertiary/aromatic N) is 4. The van der Waals surface area contributed by atoms with Crippen molar-refractivity contribution in [1.29, 1.82) is 0 Å². The number of hydrogen-bond acceptors (Lipinski definition) is 5. The topological polar surface area (TPSA) is 87.5 Å². The standard InChI is InChI=1S/C21H19N5O2/c1-13(27)24-17-5-3-4-15(10-17)19-12-21(26(25-19)14(2)28)16-6-7-18-20(11-16)23-9-8-22-18/h3-11,21H,12H2,1-2H3,(H,24,27)/t21-/m1/s1. The minimum Gasteiger partial charge on any atom is -0.326 e. The van der Waals surface area contributed by atoms with E-state index in [4.69, 9.17) is 0 Å². The Hall–Kier alpha value is -3.61. The molecule has 1 aromatic heterocycles. The highest BCUT2D eigenvalue weighted by Crippen LogP contribution is 2.34. The van der Waals surface area contributed by atoms with E-state index in [1.54, 1.807) is 12.4 Å². The van der Waals surface area contributed by atoms with Gasteiger partial charge >= 0.3 is 0 Å². The van der Waals surface area contributed by atoms with E-state index in [9.17, 15) is 9.59 Å². The summed E-state index contributed by atoms with van der Waals surface area (Å²) in [5.41, 5.74) is 4.92. The number of hydrogen-bond donors (Lipinski definition) is 1. The lowest BCUT2D eigenvalue weighted by Crippen LogP contribution is -2.24. The lowest BCUT2D eigenvalue weighted by atomic mass is 9.97. The summed E-state index contributed by atoms with van der Waals surface area (Å²) in [6, 6.07) is 13.1. The van der Waals surface area contributed by atoms with E-state index in [1.807, 2.05) is 42.5 Å². The first-order valence-corrected chi connectivity index (χ1v) is 8.97. The van der Waals surface area contributed by atoms with Crippen LogP contribution in [0.2, 0.25) is 0 Å². The largest absolute Gasteiger partial charge is 0.326 e. The van der Waals surface area contributed by atoms with Crippen molar-refractivity contribution in [2.45, 2.75) is 26.3 Å². The van der Waals surface area contributed by atoms with E-state index in [-0.39, 0.29) is 17.9 Å². The van der Waals surface area contributed by atoms with Crippen LogP contribution in [0.4, 0.5) is 5.69 Å². The van der Waals surface area contributed by atoms with E-state index < -0.39 is 0 Å². The van der Waals surface area contributed by atoms with Crippen LogP contribution in [-0.4, -0.2) is 32.5 Å². The summed E-state index contributed by atoms with van der Waals surface area (Å²) < 4.78 is 0. The molecule has 0 saturated heterocycles. The molecule has 0 aliphatic carbocycles. The Balaban J connectivity index is 1.67. The Morgan fingerprint density at radius 1 is 1.04 bits per heavy atom. The van der Waals surface area contributed by atoms with Crippen molar-refractivity contribution in [2.24, 2.45) is 5.10 Å². The summed E-state index contributed by atoms with van der Waals surface area (Å²) in [6.07, 6.45) is 3.89. The number of nitrogens with one attached hydrogen (secondary N) is 1. The molecular weight excluding hydrogens is 354 g/mol. The van der Waals surface area contributed by atoms with Crippen LogP contribution in [0.15, 0.2) is 60.0 Å². The molecule has 0 spiro atoms. The Morgan fingerprint density at radius 2 is 1.82 bits per heavy atom. The molecule has 28 heavy (non-hydrogen) atoms. The Kier molecular flexibility index (Phi) is 4.57. The summed E-state index contributed by atoms with van der Waals surface area (Å²) in [7, 11) is 0. The molecule has 3 aromatic rings. The van der Waals surface area contributed by atoms with Gasteiger partial charge in [0, 0.05) is 38.3 Å². The van der Waals surface area contributed by atoms with Gasteiger partial charge in [-0.15, -0.1) is 0 Å². The molecule has 0 radical (unpaired) electrons. The summed E-state index contributed by atoms with van der Waals surface area (Å²) in [5, 5.41) is 8.86. The number of carbonyl (C=O) groups excluding carboxylic acids is 2. The summed E-state index contributed by atoms with van der Waals surface area (Å²) >= 11 is 0. The Morgan fingerprint density at radius 3 is 2.57 bits per heavy atom. The van der Waals surface area contributed by atoms with E-state index in [1.165, 1.54) is 18.9 Å². The number of benzene rings is 2. The number of hydrazone groups is 1. The molecule has 4 rings (SSSR count). The van der Waals surface area contributed by atoms with Gasteiger partial charge in [0.15, 0.2) is 0 Å². The quantitative estimate of drug-likeness (QED) is 0.763. The summed E-state index contributed by atoms with van der Waals surface area (Å²) in [4.78, 5) is 32.2. The van der Waals surface area contributed by atoms with Crippen LogP contribution in [0.1, 0.15) is 37.4 Å². The second kappa shape index (κ2) is 7.19. The van der Waals surface area contributed by atoms with Crippen molar-refractivity contribution >= 4 is 34.2 Å². The average molecular weight is 373 g/mol. The molecule has 1 atom stereocenters. The SMILES string of the molecule is CC(=O)Nc1cccc(C2=NN(C(C)=O)[C@@H](c3ccc4nccnc4c3)C2)c1. The zero-order chi connectivity index (χ0) is 19.7. The van der Waals surface area contributed by atoms with Crippen molar-refractivity contribution < 1.29 is 9.59 Å². The van der Waals surface area contributed by atoms with Crippen molar-refractivity contribution in [2.75, 3.05) is 5.32 Å². The van der Waals surface area contributed by atoms with E-state index in [0.29, 0.717) is 12.1 Å². The summed E-state index contributed by atoms with van der Waals surface area (Å²) in [5.74, 6) is -0.261. The van der Waals surface area contributed by atoms with Gasteiger partial charge in [0.2, 0.25) is 11.8 Å². The minimum absolute atomic E-state index is 0.128. The molecule has 0 unspecified atom stereocenters. The van der Waals surface area contributed by atoms with Crippen LogP contribution in [-0.2, 0) is 9.59 Å². The maximum Gasteiger partial charge on any atom is 0.240 e. The second-order valence-electron chi connectivity index (χ2n) is 6.70. The fourth-order valence-corrected chi connectivity index (χ4v) is 3.40. The molecule has 2 heterocycles. The Bertz CT molecular complexity index is 1110. The van der Waals surface area contributed by atoms with Crippen LogP contribution in [0, 0.1) is 0 Å². The third kappa shape index (κ3) is 3.46. The maximum atomic E-state index is 12.2. The molecule has 140 valence electrons. The molecule has 1 aliphatic heterocycles. The number of amides is 2.